The second-order valence-electron chi connectivity index (χ2n) is 5.15. The van der Waals surface area contributed by atoms with Gasteiger partial charge in [-0.1, -0.05) is 12.1 Å². The van der Waals surface area contributed by atoms with Crippen LogP contribution in [0.15, 0.2) is 29.6 Å². The molecule has 0 saturated heterocycles. The van der Waals surface area contributed by atoms with Gasteiger partial charge in [0.15, 0.2) is 5.13 Å². The molecule has 1 fully saturated rings. The van der Waals surface area contributed by atoms with E-state index >= 15 is 0 Å². The van der Waals surface area contributed by atoms with Crippen molar-refractivity contribution in [3.8, 4) is 0 Å². The van der Waals surface area contributed by atoms with Crippen LogP contribution in [0.4, 0.5) is 10.8 Å². The van der Waals surface area contributed by atoms with E-state index in [1.54, 1.807) is 0 Å². The van der Waals surface area contributed by atoms with E-state index in [4.69, 9.17) is 5.73 Å². The molecule has 3 N–H and O–H groups in total. The van der Waals surface area contributed by atoms with Crippen molar-refractivity contribution in [2.45, 2.75) is 31.6 Å². The first-order chi connectivity index (χ1) is 9.70. The number of hydrogen-bond acceptors (Lipinski definition) is 4. The summed E-state index contributed by atoms with van der Waals surface area (Å²) in [5.41, 5.74) is 8.66. The summed E-state index contributed by atoms with van der Waals surface area (Å²) in [5.74, 6) is 0.633. The molecule has 1 saturated carbocycles. The van der Waals surface area contributed by atoms with Crippen LogP contribution in [0.5, 0.6) is 0 Å². The number of amides is 1. The zero-order valence-electron chi connectivity index (χ0n) is 11.1. The van der Waals surface area contributed by atoms with E-state index in [9.17, 15) is 4.79 Å². The van der Waals surface area contributed by atoms with Crippen LogP contribution in [0.2, 0.25) is 0 Å². The highest BCUT2D eigenvalue weighted by atomic mass is 32.1. The highest BCUT2D eigenvalue weighted by molar-refractivity contribution is 7.13. The molecule has 3 rings (SSSR count). The number of hydrogen-bond donors (Lipinski definition) is 2. The van der Waals surface area contributed by atoms with Crippen molar-refractivity contribution < 1.29 is 4.79 Å². The average molecular weight is 287 g/mol. The van der Waals surface area contributed by atoms with E-state index < -0.39 is 0 Å². The van der Waals surface area contributed by atoms with Gasteiger partial charge in [0.05, 0.1) is 5.69 Å². The van der Waals surface area contributed by atoms with E-state index in [-0.39, 0.29) is 5.91 Å². The Kier molecular flexibility index (Phi) is 3.69. The number of carbonyl (C=O) groups excluding carboxylic acids is 1. The zero-order chi connectivity index (χ0) is 13.9. The maximum Gasteiger partial charge on any atom is 0.226 e. The molecule has 0 bridgehead atoms. The topological polar surface area (TPSA) is 68.0 Å². The summed E-state index contributed by atoms with van der Waals surface area (Å²) < 4.78 is 0. The second-order valence-corrected chi connectivity index (χ2v) is 6.00. The van der Waals surface area contributed by atoms with Crippen molar-refractivity contribution in [2.75, 3.05) is 11.1 Å². The summed E-state index contributed by atoms with van der Waals surface area (Å²) in [6.07, 6.45) is 3.60. The number of anilines is 2. The second kappa shape index (κ2) is 5.63. The van der Waals surface area contributed by atoms with E-state index in [0.29, 0.717) is 23.9 Å². The van der Waals surface area contributed by atoms with Crippen molar-refractivity contribution >= 4 is 28.1 Å². The molecule has 20 heavy (non-hydrogen) atoms. The van der Waals surface area contributed by atoms with E-state index in [1.165, 1.54) is 24.2 Å². The maximum atomic E-state index is 11.9. The molecule has 0 atom stereocenters. The summed E-state index contributed by atoms with van der Waals surface area (Å²) in [4.78, 5) is 16.3. The number of nitrogen functional groups attached to an aromatic ring is 1. The van der Waals surface area contributed by atoms with Crippen LogP contribution in [-0.2, 0) is 11.2 Å². The Morgan fingerprint density at radius 2 is 2.30 bits per heavy atom. The molecule has 0 radical (unpaired) electrons. The summed E-state index contributed by atoms with van der Waals surface area (Å²) in [5, 5.41) is 5.63. The van der Waals surface area contributed by atoms with Gasteiger partial charge >= 0.3 is 0 Å². The lowest BCUT2D eigenvalue weighted by atomic mass is 10.1. The van der Waals surface area contributed by atoms with Crippen molar-refractivity contribution in [1.82, 2.24) is 4.98 Å². The highest BCUT2D eigenvalue weighted by Gasteiger charge is 2.26. The van der Waals surface area contributed by atoms with Crippen LogP contribution in [0.1, 0.15) is 36.4 Å². The molecule has 1 heterocycles. The quantitative estimate of drug-likeness (QED) is 0.830. The van der Waals surface area contributed by atoms with Crippen LogP contribution in [0.25, 0.3) is 0 Å². The number of nitrogens with one attached hydrogen (secondary N) is 1. The number of aryl methyl sites for hydroxylation is 1. The standard InChI is InChI=1S/C15H17N3OS/c16-12-3-1-2-10(8-12)4-7-14(19)18-15-17-13(9-20-15)11-5-6-11/h1-3,8-9,11H,4-7,16H2,(H,17,18,19). The number of rotatable bonds is 5. The van der Waals surface area contributed by atoms with Crippen molar-refractivity contribution in [2.24, 2.45) is 0 Å². The third-order valence-corrected chi connectivity index (χ3v) is 4.13. The Hall–Kier alpha value is -1.88. The monoisotopic (exact) mass is 287 g/mol. The molecule has 0 unspecified atom stereocenters. The minimum absolute atomic E-state index is 0.00382. The van der Waals surface area contributed by atoms with Gasteiger partial charge in [-0.3, -0.25) is 4.79 Å². The average Bonchev–Trinajstić information content (AvgIpc) is 3.18. The van der Waals surface area contributed by atoms with Gasteiger partial charge in [-0.2, -0.15) is 0 Å². The predicted molar refractivity (Wildman–Crippen MR) is 81.9 cm³/mol. The fourth-order valence-electron chi connectivity index (χ4n) is 2.10. The Morgan fingerprint density at radius 3 is 3.05 bits per heavy atom. The molecule has 104 valence electrons. The third kappa shape index (κ3) is 3.36. The molecule has 1 amide bonds. The summed E-state index contributed by atoms with van der Waals surface area (Å²) >= 11 is 1.51. The smallest absolute Gasteiger partial charge is 0.226 e. The first kappa shape index (κ1) is 13.1. The maximum absolute atomic E-state index is 11.9. The van der Waals surface area contributed by atoms with Crippen molar-refractivity contribution in [1.29, 1.82) is 0 Å². The first-order valence-corrected chi connectivity index (χ1v) is 7.68. The third-order valence-electron chi connectivity index (χ3n) is 3.36. The van der Waals surface area contributed by atoms with Crippen LogP contribution >= 0.6 is 11.3 Å². The fourth-order valence-corrected chi connectivity index (χ4v) is 2.91. The van der Waals surface area contributed by atoms with E-state index in [2.05, 4.69) is 10.3 Å². The number of benzene rings is 1. The lowest BCUT2D eigenvalue weighted by Crippen LogP contribution is -2.12. The molecule has 1 aliphatic rings. The minimum atomic E-state index is 0.00382. The lowest BCUT2D eigenvalue weighted by molar-refractivity contribution is -0.116. The van der Waals surface area contributed by atoms with Gasteiger partial charge in [-0.05, 0) is 37.0 Å². The number of thiazole rings is 1. The molecule has 2 aromatic rings. The molecule has 1 aliphatic carbocycles. The Balaban J connectivity index is 1.51. The van der Waals surface area contributed by atoms with Gasteiger partial charge in [0, 0.05) is 23.4 Å². The normalized spacial score (nSPS) is 14.2. The van der Waals surface area contributed by atoms with Gasteiger partial charge in [0.2, 0.25) is 5.91 Å². The molecule has 4 nitrogen and oxygen atoms in total. The van der Waals surface area contributed by atoms with Gasteiger partial charge in [-0.25, -0.2) is 4.98 Å². The predicted octanol–water partition coefficient (Wildman–Crippen LogP) is 3.17. The largest absolute Gasteiger partial charge is 0.399 e. The summed E-state index contributed by atoms with van der Waals surface area (Å²) in [7, 11) is 0. The minimum Gasteiger partial charge on any atom is -0.399 e. The molecule has 1 aromatic carbocycles. The molecule has 5 heteroatoms. The lowest BCUT2D eigenvalue weighted by Gasteiger charge is -2.03. The Morgan fingerprint density at radius 1 is 1.45 bits per heavy atom. The summed E-state index contributed by atoms with van der Waals surface area (Å²) in [6.45, 7) is 0. The molecular formula is C15H17N3OS. The summed E-state index contributed by atoms with van der Waals surface area (Å²) in [6, 6.07) is 7.64. The van der Waals surface area contributed by atoms with Gasteiger partial charge in [0.25, 0.3) is 0 Å². The molecule has 1 aromatic heterocycles. The highest BCUT2D eigenvalue weighted by Crippen LogP contribution is 2.40. The first-order valence-electron chi connectivity index (χ1n) is 6.80. The van der Waals surface area contributed by atoms with Crippen LogP contribution in [0, 0.1) is 0 Å². The van der Waals surface area contributed by atoms with Gasteiger partial charge in [0.1, 0.15) is 0 Å². The van der Waals surface area contributed by atoms with Crippen LogP contribution in [-0.4, -0.2) is 10.9 Å². The molecular weight excluding hydrogens is 270 g/mol. The van der Waals surface area contributed by atoms with Crippen molar-refractivity contribution in [3.63, 3.8) is 0 Å². The van der Waals surface area contributed by atoms with Gasteiger partial charge < -0.3 is 11.1 Å². The van der Waals surface area contributed by atoms with E-state index in [1.807, 2.05) is 29.6 Å². The van der Waals surface area contributed by atoms with Gasteiger partial charge in [-0.15, -0.1) is 11.3 Å². The van der Waals surface area contributed by atoms with Crippen molar-refractivity contribution in [3.05, 3.63) is 40.9 Å². The number of carbonyl (C=O) groups is 1. The Bertz CT molecular complexity index is 619. The Labute approximate surface area is 122 Å². The number of nitrogens with two attached hydrogens (primary N) is 1. The SMILES string of the molecule is Nc1cccc(CCC(=O)Nc2nc(C3CC3)cs2)c1. The van der Waals surface area contributed by atoms with Crippen LogP contribution in [0.3, 0.4) is 0 Å². The molecule has 0 aliphatic heterocycles. The number of aromatic nitrogens is 1. The van der Waals surface area contributed by atoms with E-state index in [0.717, 1.165) is 16.9 Å². The molecule has 0 spiro atoms. The number of nitrogens with zero attached hydrogens (tertiary/aromatic N) is 1. The van der Waals surface area contributed by atoms with Crippen LogP contribution < -0.4 is 11.1 Å². The zero-order valence-corrected chi connectivity index (χ0v) is 12.0. The fraction of sp³-hybridized carbons (Fsp3) is 0.333.